The Morgan fingerprint density at radius 3 is 2.39 bits per heavy atom. The van der Waals surface area contributed by atoms with E-state index in [0.717, 1.165) is 6.92 Å². The second-order valence-electron chi connectivity index (χ2n) is 17.8. The maximum atomic E-state index is 16.8. The van der Waals surface area contributed by atoms with Crippen LogP contribution < -0.4 is 11.1 Å². The van der Waals surface area contributed by atoms with Crippen molar-refractivity contribution in [2.24, 2.45) is 17.0 Å². The van der Waals surface area contributed by atoms with Crippen molar-refractivity contribution < 1.29 is 62.3 Å². The number of nitrogens with two attached hydrogens (primary N) is 1. The Hall–Kier alpha value is -4.37. The van der Waals surface area contributed by atoms with Gasteiger partial charge in [0.1, 0.15) is 47.4 Å². The fourth-order valence-corrected chi connectivity index (χ4v) is 8.48. The van der Waals surface area contributed by atoms with Crippen molar-refractivity contribution in [3.63, 3.8) is 0 Å². The lowest BCUT2D eigenvalue weighted by Gasteiger charge is -2.46. The first-order valence-corrected chi connectivity index (χ1v) is 21.9. The number of nitrogens with zero attached hydrogens (tertiary/aromatic N) is 4. The molecule has 0 unspecified atom stereocenters. The molecular formula is C45H69FN6O12. The summed E-state index contributed by atoms with van der Waals surface area (Å²) in [5.41, 5.74) is 0.155. The van der Waals surface area contributed by atoms with E-state index in [-0.39, 0.29) is 44.1 Å². The van der Waals surface area contributed by atoms with Crippen LogP contribution in [-0.4, -0.2) is 134 Å². The maximum Gasteiger partial charge on any atom is 0.351 e. The summed E-state index contributed by atoms with van der Waals surface area (Å²) in [6, 6.07) is 4.63. The second kappa shape index (κ2) is 21.7. The number of carbonyl (C=O) groups is 3. The Kier molecular flexibility index (Phi) is 17.8. The summed E-state index contributed by atoms with van der Waals surface area (Å²) < 4.78 is 46.9. The van der Waals surface area contributed by atoms with E-state index in [1.54, 1.807) is 66.9 Å². The number of ether oxygens (including phenoxy) is 4. The number of amides is 1. The number of aliphatic hydroxyl groups is 3. The van der Waals surface area contributed by atoms with Gasteiger partial charge in [-0.2, -0.15) is 0 Å². The molecule has 0 saturated carbocycles. The molecule has 1 fully saturated rings. The van der Waals surface area contributed by atoms with Crippen LogP contribution in [0.2, 0.25) is 0 Å². The topological polar surface area (TPSA) is 251 Å². The number of carbonyl (C=O) groups excluding carboxylic acids is 3. The smallest absolute Gasteiger partial charge is 0.351 e. The molecule has 18 nitrogen and oxygen atoms in total. The predicted octanol–water partition coefficient (Wildman–Crippen LogP) is 4.40. The van der Waals surface area contributed by atoms with Crippen LogP contribution in [0.25, 0.3) is 11.6 Å². The number of allylic oxidation sites excluding steroid dienone is 1. The standard InChI is InChI=1S/C45H69FN6O12/c1-13-28(51-61-23-29-22-60-40(48-29)30-17-16-18-33(47)49-30)21-59-39-26(6)35(50-34(53)15-3)24(4)20-43(8,57)38(64-41-36(54)31(52(11)12)19-25(5)62-41)27(7)37(55)44(9,46)42(56)63-32(14-2)45(39,10)58/h16-18,22,24-25,27,31-32,36,38-39,41,54,57-58H,13-15,19-21,23H2,1-12H3,(H2,47,49)(H,50,53)/t24-,25-,27+,31+,32-,36-,38-,39-,41+,43-,44+,45-/m1/s1. The van der Waals surface area contributed by atoms with Gasteiger partial charge in [0, 0.05) is 24.1 Å². The molecular weight excluding hydrogens is 836 g/mol. The monoisotopic (exact) mass is 904 g/mol. The Morgan fingerprint density at radius 2 is 1.78 bits per heavy atom. The third kappa shape index (κ3) is 12.3. The van der Waals surface area contributed by atoms with Gasteiger partial charge in [0.05, 0.1) is 30.1 Å². The van der Waals surface area contributed by atoms with Gasteiger partial charge in [0.15, 0.2) is 18.7 Å². The molecule has 0 bridgehead atoms. The number of Topliss-reactive ketones (excluding diaryl/α,β-unsaturated/α-hetero) is 1. The lowest BCUT2D eigenvalue weighted by molar-refractivity contribution is -0.293. The number of esters is 1. The highest BCUT2D eigenvalue weighted by molar-refractivity contribution is 6.07. The van der Waals surface area contributed by atoms with E-state index in [9.17, 15) is 29.7 Å². The molecule has 6 N–H and O–H groups in total. The van der Waals surface area contributed by atoms with Gasteiger partial charge in [0.25, 0.3) is 5.67 Å². The van der Waals surface area contributed by atoms with Gasteiger partial charge in [0.2, 0.25) is 11.8 Å². The zero-order chi connectivity index (χ0) is 47.9. The molecule has 1 amide bonds. The Morgan fingerprint density at radius 1 is 1.09 bits per heavy atom. The van der Waals surface area contributed by atoms with Crippen LogP contribution in [0.4, 0.5) is 10.2 Å². The fraction of sp³-hybridized carbons (Fsp3) is 0.689. The fourth-order valence-electron chi connectivity index (χ4n) is 8.48. The van der Waals surface area contributed by atoms with Crippen LogP contribution in [0.5, 0.6) is 0 Å². The normalized spacial score (nSPS) is 33.8. The number of oxazole rings is 1. The molecule has 4 rings (SSSR count). The van der Waals surface area contributed by atoms with Crippen LogP contribution in [0.1, 0.15) is 107 Å². The predicted molar refractivity (Wildman–Crippen MR) is 234 cm³/mol. The third-order valence-electron chi connectivity index (χ3n) is 12.1. The lowest BCUT2D eigenvalue weighted by atomic mass is 9.76. The van der Waals surface area contributed by atoms with Crippen molar-refractivity contribution in [1.82, 2.24) is 20.2 Å². The minimum absolute atomic E-state index is 0.0525. The quantitative estimate of drug-likeness (QED) is 0.0763. The van der Waals surface area contributed by atoms with Gasteiger partial charge in [-0.25, -0.2) is 19.2 Å². The summed E-state index contributed by atoms with van der Waals surface area (Å²) in [4.78, 5) is 57.3. The zero-order valence-electron chi connectivity index (χ0n) is 39.2. The molecule has 19 heteroatoms. The number of pyridine rings is 1. The molecule has 0 spiro atoms. The minimum Gasteiger partial charge on any atom is -0.457 e. The number of alkyl halides is 1. The number of nitrogen functional groups attached to an aromatic ring is 1. The molecule has 358 valence electrons. The number of likely N-dealkylation sites (N-methyl/N-ethyl adjacent to an activating group) is 1. The van der Waals surface area contributed by atoms with Gasteiger partial charge in [-0.1, -0.05) is 45.8 Å². The average molecular weight is 905 g/mol. The number of anilines is 1. The molecule has 2 aromatic rings. The van der Waals surface area contributed by atoms with Crippen molar-refractivity contribution in [1.29, 1.82) is 0 Å². The summed E-state index contributed by atoms with van der Waals surface area (Å²) >= 11 is 0. The number of halogens is 1. The SMILES string of the molecule is CCC(=O)NC1=C(C)[C@@H](OCC(CC)=NOCc2coc(-c3cccc(N)n3)n2)[C@](C)(O)[C@@H](CC)OC(=O)[C@@](C)(F)C(=O)[C@H](C)[C@@H](O[C@@H]2O[C@H](C)C[C@H](N(C)C)[C@H]2O)[C@](C)(O)C[C@H]1C. The third-order valence-corrected chi connectivity index (χ3v) is 12.1. The first-order chi connectivity index (χ1) is 29.9. The summed E-state index contributed by atoms with van der Waals surface area (Å²) in [5.74, 6) is -4.98. The number of nitrogens with one attached hydrogen (secondary N) is 1. The number of aromatic nitrogens is 2. The molecule has 12 atom stereocenters. The maximum absolute atomic E-state index is 16.8. The van der Waals surface area contributed by atoms with E-state index in [0.29, 0.717) is 41.3 Å². The number of aliphatic hydroxyl groups excluding tert-OH is 1. The van der Waals surface area contributed by atoms with Crippen molar-refractivity contribution in [3.8, 4) is 11.6 Å². The summed E-state index contributed by atoms with van der Waals surface area (Å²) in [7, 11) is 3.57. The van der Waals surface area contributed by atoms with Crippen molar-refractivity contribution >= 4 is 29.2 Å². The molecule has 0 aliphatic carbocycles. The van der Waals surface area contributed by atoms with Crippen LogP contribution in [0, 0.1) is 11.8 Å². The Balaban J connectivity index is 1.77. The van der Waals surface area contributed by atoms with Crippen LogP contribution >= 0.6 is 0 Å². The van der Waals surface area contributed by atoms with Crippen molar-refractivity contribution in [2.75, 3.05) is 26.4 Å². The molecule has 2 aromatic heterocycles. The number of hydrogen-bond donors (Lipinski definition) is 5. The molecule has 2 aliphatic rings. The number of hydrogen-bond acceptors (Lipinski definition) is 17. The molecule has 0 aromatic carbocycles. The van der Waals surface area contributed by atoms with Gasteiger partial charge in [-0.3, -0.25) is 9.59 Å². The Bertz CT molecular complexity index is 1990. The summed E-state index contributed by atoms with van der Waals surface area (Å²) in [5, 5.41) is 43.5. The van der Waals surface area contributed by atoms with E-state index >= 15 is 4.39 Å². The number of cyclic esters (lactones) is 1. The number of oxime groups is 1. The molecule has 0 radical (unpaired) electrons. The van der Waals surface area contributed by atoms with Gasteiger partial charge in [-0.05, 0) is 98.0 Å². The van der Waals surface area contributed by atoms with Crippen molar-refractivity contribution in [3.05, 3.63) is 41.4 Å². The number of rotatable bonds is 14. The van der Waals surface area contributed by atoms with Gasteiger partial charge >= 0.3 is 5.97 Å². The average Bonchev–Trinajstić information content (AvgIpc) is 3.71. The molecule has 2 aliphatic heterocycles. The molecule has 4 heterocycles. The molecule has 1 saturated heterocycles. The first-order valence-electron chi connectivity index (χ1n) is 21.9. The zero-order valence-corrected chi connectivity index (χ0v) is 39.2. The first kappa shape index (κ1) is 52.3. The molecule has 64 heavy (non-hydrogen) atoms. The summed E-state index contributed by atoms with van der Waals surface area (Å²) in [6.07, 6.45) is -5.42. The highest BCUT2D eigenvalue weighted by Crippen LogP contribution is 2.39. The van der Waals surface area contributed by atoms with E-state index in [2.05, 4.69) is 20.4 Å². The minimum atomic E-state index is -3.29. The second-order valence-corrected chi connectivity index (χ2v) is 17.8. The highest BCUT2D eigenvalue weighted by Gasteiger charge is 2.55. The highest BCUT2D eigenvalue weighted by atomic mass is 19.1. The van der Waals surface area contributed by atoms with Gasteiger partial charge in [-0.15, -0.1) is 0 Å². The Labute approximate surface area is 375 Å². The van der Waals surface area contributed by atoms with E-state index in [1.165, 1.54) is 27.0 Å². The van der Waals surface area contributed by atoms with Crippen LogP contribution in [0.15, 0.2) is 45.3 Å². The largest absolute Gasteiger partial charge is 0.457 e. The van der Waals surface area contributed by atoms with E-state index in [4.69, 9.17) is 33.9 Å². The van der Waals surface area contributed by atoms with Crippen LogP contribution in [-0.2, 0) is 44.8 Å². The van der Waals surface area contributed by atoms with Gasteiger partial charge < -0.3 is 59.5 Å². The number of ketones is 1. The van der Waals surface area contributed by atoms with Crippen molar-refractivity contribution in [2.45, 2.75) is 168 Å². The summed E-state index contributed by atoms with van der Waals surface area (Å²) in [6.45, 7) is 14.7. The van der Waals surface area contributed by atoms with E-state index < -0.39 is 89.2 Å². The van der Waals surface area contributed by atoms with Crippen LogP contribution in [0.3, 0.4) is 0 Å². The van der Waals surface area contributed by atoms with E-state index in [1.807, 2.05) is 11.8 Å². The lowest BCUT2D eigenvalue weighted by Crippen LogP contribution is -2.60.